The van der Waals surface area contributed by atoms with Crippen LogP contribution in [0.4, 0.5) is 0 Å². The van der Waals surface area contributed by atoms with Gasteiger partial charge in [0.05, 0.1) is 17.1 Å². The van der Waals surface area contributed by atoms with Crippen molar-refractivity contribution in [3.8, 4) is 0 Å². The van der Waals surface area contributed by atoms with Gasteiger partial charge in [-0.05, 0) is 42.3 Å². The largest absolute Gasteiger partial charge is 0.282 e. The number of hydrogen-bond donors (Lipinski definition) is 0. The molecule has 2 aromatic carbocycles. The predicted molar refractivity (Wildman–Crippen MR) is 110 cm³/mol. The van der Waals surface area contributed by atoms with Crippen molar-refractivity contribution in [2.24, 2.45) is 5.10 Å². The van der Waals surface area contributed by atoms with E-state index in [9.17, 15) is 4.79 Å². The van der Waals surface area contributed by atoms with Crippen LogP contribution in [0.25, 0.3) is 10.9 Å². The van der Waals surface area contributed by atoms with Gasteiger partial charge in [0.2, 0.25) is 0 Å². The summed E-state index contributed by atoms with van der Waals surface area (Å²) in [6.07, 6.45) is 2.56. The van der Waals surface area contributed by atoms with E-state index < -0.39 is 0 Å². The molecule has 0 fully saturated rings. The van der Waals surface area contributed by atoms with Gasteiger partial charge >= 0.3 is 0 Å². The van der Waals surface area contributed by atoms with Crippen LogP contribution in [0.3, 0.4) is 0 Å². The van der Waals surface area contributed by atoms with Crippen LogP contribution >= 0.6 is 31.9 Å². The lowest BCUT2D eigenvalue weighted by Crippen LogP contribution is -2.23. The van der Waals surface area contributed by atoms with E-state index in [4.69, 9.17) is 4.98 Å². The molecule has 1 heterocycles. The first-order valence-electron chi connectivity index (χ1n) is 8.01. The summed E-state index contributed by atoms with van der Waals surface area (Å²) >= 11 is 6.83. The highest BCUT2D eigenvalue weighted by molar-refractivity contribution is 9.10. The van der Waals surface area contributed by atoms with Crippen molar-refractivity contribution < 1.29 is 0 Å². The summed E-state index contributed by atoms with van der Waals surface area (Å²) in [6.45, 7) is 4.13. The number of nitrogens with zero attached hydrogens (tertiary/aromatic N) is 3. The maximum absolute atomic E-state index is 13.0. The Morgan fingerprint density at radius 3 is 2.52 bits per heavy atom. The molecule has 25 heavy (non-hydrogen) atoms. The molecule has 6 heteroatoms. The van der Waals surface area contributed by atoms with Crippen LogP contribution in [-0.4, -0.2) is 15.9 Å². The van der Waals surface area contributed by atoms with Crippen molar-refractivity contribution in [3.63, 3.8) is 0 Å². The second-order valence-corrected chi connectivity index (χ2v) is 7.69. The van der Waals surface area contributed by atoms with Gasteiger partial charge in [-0.1, -0.05) is 57.8 Å². The third-order valence-electron chi connectivity index (χ3n) is 4.08. The Morgan fingerprint density at radius 2 is 1.84 bits per heavy atom. The van der Waals surface area contributed by atoms with E-state index in [1.807, 2.05) is 36.4 Å². The Morgan fingerprint density at radius 1 is 1.16 bits per heavy atom. The zero-order chi connectivity index (χ0) is 18.0. The molecule has 0 unspecified atom stereocenters. The van der Waals surface area contributed by atoms with Crippen molar-refractivity contribution in [2.75, 3.05) is 0 Å². The maximum Gasteiger partial charge on any atom is 0.282 e. The van der Waals surface area contributed by atoms with Crippen molar-refractivity contribution in [1.29, 1.82) is 0 Å². The first-order valence-corrected chi connectivity index (χ1v) is 9.60. The van der Waals surface area contributed by atoms with E-state index in [-0.39, 0.29) is 11.5 Å². The molecule has 0 saturated carbocycles. The van der Waals surface area contributed by atoms with Gasteiger partial charge in [0, 0.05) is 14.9 Å². The third-order valence-corrected chi connectivity index (χ3v) is 5.10. The molecule has 128 valence electrons. The summed E-state index contributed by atoms with van der Waals surface area (Å²) in [5.74, 6) is 0.804. The summed E-state index contributed by atoms with van der Waals surface area (Å²) in [7, 11) is 0. The fraction of sp³-hybridized carbons (Fsp3) is 0.211. The van der Waals surface area contributed by atoms with Gasteiger partial charge in [0.15, 0.2) is 0 Å². The minimum Gasteiger partial charge on any atom is -0.267 e. The van der Waals surface area contributed by atoms with Gasteiger partial charge in [-0.15, -0.1) is 0 Å². The highest BCUT2D eigenvalue weighted by Gasteiger charge is 2.15. The third kappa shape index (κ3) is 3.90. The molecule has 1 aromatic heterocycles. The van der Waals surface area contributed by atoms with E-state index in [0.717, 1.165) is 20.9 Å². The second kappa shape index (κ2) is 7.62. The van der Waals surface area contributed by atoms with Crippen LogP contribution < -0.4 is 5.56 Å². The highest BCUT2D eigenvalue weighted by Crippen LogP contribution is 2.20. The summed E-state index contributed by atoms with van der Waals surface area (Å²) in [5.41, 5.74) is 1.45. The van der Waals surface area contributed by atoms with Crippen LogP contribution in [0.2, 0.25) is 0 Å². The molecule has 0 N–H and O–H groups in total. The van der Waals surface area contributed by atoms with Gasteiger partial charge in [-0.25, -0.2) is 4.98 Å². The van der Waals surface area contributed by atoms with Crippen molar-refractivity contribution in [1.82, 2.24) is 9.66 Å². The minimum atomic E-state index is -0.157. The monoisotopic (exact) mass is 461 g/mol. The normalized spacial score (nSPS) is 12.8. The van der Waals surface area contributed by atoms with Crippen LogP contribution in [0.5, 0.6) is 0 Å². The van der Waals surface area contributed by atoms with Crippen molar-refractivity contribution in [2.45, 2.75) is 26.2 Å². The predicted octanol–water partition coefficient (Wildman–Crippen LogP) is 5.32. The number of aromatic nitrogens is 2. The average molecular weight is 463 g/mol. The molecular weight excluding hydrogens is 446 g/mol. The summed E-state index contributed by atoms with van der Waals surface area (Å²) in [5, 5.41) is 4.99. The first-order chi connectivity index (χ1) is 12.0. The lowest BCUT2D eigenvalue weighted by Gasteiger charge is -2.13. The topological polar surface area (TPSA) is 47.2 Å². The minimum absolute atomic E-state index is 0.128. The molecule has 0 aliphatic carbocycles. The molecular formula is C19H17Br2N3O. The Labute approximate surface area is 162 Å². The highest BCUT2D eigenvalue weighted by atomic mass is 79.9. The van der Waals surface area contributed by atoms with Crippen LogP contribution in [0, 0.1) is 0 Å². The molecule has 4 nitrogen and oxygen atoms in total. The van der Waals surface area contributed by atoms with E-state index >= 15 is 0 Å². The molecule has 0 spiro atoms. The van der Waals surface area contributed by atoms with Gasteiger partial charge in [0.1, 0.15) is 5.82 Å². The first kappa shape index (κ1) is 18.0. The van der Waals surface area contributed by atoms with E-state index in [2.05, 4.69) is 50.8 Å². The molecule has 3 aromatic rings. The number of rotatable bonds is 4. The van der Waals surface area contributed by atoms with Gasteiger partial charge in [0.25, 0.3) is 5.56 Å². The number of hydrogen-bond acceptors (Lipinski definition) is 3. The standard InChI is InChI=1S/C19H17Br2N3O/c1-3-12(2)18-23-17-9-8-15(21)10-16(17)19(25)24(18)22-11-13-4-6-14(20)7-5-13/h4-12H,3H2,1-2H3/t12-/m1/s1. The molecule has 0 radical (unpaired) electrons. The van der Waals surface area contributed by atoms with E-state index in [1.165, 1.54) is 4.68 Å². The summed E-state index contributed by atoms with van der Waals surface area (Å²) in [6, 6.07) is 13.3. The molecule has 0 aliphatic heterocycles. The van der Waals surface area contributed by atoms with Gasteiger partial charge in [-0.3, -0.25) is 4.79 Å². The molecule has 0 amide bonds. The van der Waals surface area contributed by atoms with Crippen molar-refractivity contribution in [3.05, 3.63) is 73.2 Å². The maximum atomic E-state index is 13.0. The molecule has 0 bridgehead atoms. The SMILES string of the molecule is CC[C@@H](C)c1nc2ccc(Br)cc2c(=O)n1N=Cc1ccc(Br)cc1. The van der Waals surface area contributed by atoms with Gasteiger partial charge in [-0.2, -0.15) is 9.78 Å². The Hall–Kier alpha value is -1.79. The van der Waals surface area contributed by atoms with Crippen LogP contribution in [-0.2, 0) is 0 Å². The second-order valence-electron chi connectivity index (χ2n) is 5.85. The molecule has 0 aliphatic rings. The fourth-order valence-corrected chi connectivity index (χ4v) is 3.08. The van der Waals surface area contributed by atoms with Crippen molar-refractivity contribution >= 4 is 49.0 Å². The number of halogens is 2. The summed E-state index contributed by atoms with van der Waals surface area (Å²) < 4.78 is 3.27. The smallest absolute Gasteiger partial charge is 0.267 e. The molecule has 0 saturated heterocycles. The van der Waals surface area contributed by atoms with Gasteiger partial charge < -0.3 is 0 Å². The lowest BCUT2D eigenvalue weighted by atomic mass is 10.1. The lowest BCUT2D eigenvalue weighted by molar-refractivity contribution is 0.613. The number of fused-ring (bicyclic) bond motifs is 1. The molecule has 1 atom stereocenters. The van der Waals surface area contributed by atoms with E-state index in [1.54, 1.807) is 12.3 Å². The Balaban J connectivity index is 2.18. The Bertz CT molecular complexity index is 994. The fourth-order valence-electron chi connectivity index (χ4n) is 2.45. The Kier molecular flexibility index (Phi) is 5.49. The average Bonchev–Trinajstić information content (AvgIpc) is 2.62. The quantitative estimate of drug-likeness (QED) is 0.492. The number of benzene rings is 2. The van der Waals surface area contributed by atoms with Crippen LogP contribution in [0.15, 0.2) is 61.3 Å². The zero-order valence-electron chi connectivity index (χ0n) is 13.9. The zero-order valence-corrected chi connectivity index (χ0v) is 17.1. The van der Waals surface area contributed by atoms with E-state index in [0.29, 0.717) is 16.7 Å². The molecule has 3 rings (SSSR count). The van der Waals surface area contributed by atoms with Crippen LogP contribution in [0.1, 0.15) is 37.6 Å². The summed E-state index contributed by atoms with van der Waals surface area (Å²) in [4.78, 5) is 17.7.